The molecular weight excluding hydrogens is 620 g/mol. The normalized spacial score (nSPS) is 14.7. The smallest absolute Gasteiger partial charge is 0.475 e. The molecule has 0 bridgehead atoms. The number of nitrogens with one attached hydrogen (secondary N) is 3. The molecular formula is C26H39F6N7O6. The molecule has 1 aromatic rings. The van der Waals surface area contributed by atoms with E-state index in [2.05, 4.69) is 51.9 Å². The van der Waals surface area contributed by atoms with Gasteiger partial charge in [-0.1, -0.05) is 18.2 Å². The molecule has 0 aliphatic carbocycles. The summed E-state index contributed by atoms with van der Waals surface area (Å²) in [6, 6.07) is 8.93. The van der Waals surface area contributed by atoms with E-state index in [1.54, 1.807) is 7.05 Å². The summed E-state index contributed by atoms with van der Waals surface area (Å²) in [5.41, 5.74) is 0.847. The summed E-state index contributed by atoms with van der Waals surface area (Å²) in [7, 11) is 7.94. The number of anilines is 1. The van der Waals surface area contributed by atoms with Gasteiger partial charge in [0.2, 0.25) is 11.9 Å². The summed E-state index contributed by atoms with van der Waals surface area (Å²) in [6.07, 6.45) is -8.78. The standard InChI is InChI=1S/C22H37N7O2.2C2HF3O2/c1-27(2)15-16-28(3)14-8-12-23-13-11-20(30)29(4)19-17-24-22(26-21(19)31)25-18-9-6-5-7-10-18;2*3-2(4,5)1(6)7/h5-7,9-10,19,23H,8,11-17H2,1-4H3,(H2,24,25,26,31);2*(H,6,7). The second kappa shape index (κ2) is 20.1. The summed E-state index contributed by atoms with van der Waals surface area (Å²) in [6.45, 7) is 4.83. The Kier molecular flexibility index (Phi) is 18.4. The van der Waals surface area contributed by atoms with E-state index in [1.807, 2.05) is 30.3 Å². The summed E-state index contributed by atoms with van der Waals surface area (Å²) in [4.78, 5) is 53.1. The number of hydrogen-bond acceptors (Lipinski definition) is 9. The number of aliphatic imine (C=N–C) groups is 1. The van der Waals surface area contributed by atoms with Crippen molar-refractivity contribution in [3.05, 3.63) is 30.3 Å². The average molecular weight is 660 g/mol. The van der Waals surface area contributed by atoms with E-state index in [0.717, 1.165) is 38.3 Å². The zero-order chi connectivity index (χ0) is 34.8. The van der Waals surface area contributed by atoms with E-state index in [-0.39, 0.29) is 18.4 Å². The predicted molar refractivity (Wildman–Crippen MR) is 153 cm³/mol. The first-order chi connectivity index (χ1) is 20.7. The number of carboxylic acids is 2. The van der Waals surface area contributed by atoms with Crippen LogP contribution in [0.25, 0.3) is 0 Å². The molecule has 0 fully saturated rings. The number of amides is 2. The van der Waals surface area contributed by atoms with Crippen LogP contribution >= 0.6 is 0 Å². The van der Waals surface area contributed by atoms with Gasteiger partial charge in [-0.2, -0.15) is 26.3 Å². The number of benzene rings is 1. The first-order valence-electron chi connectivity index (χ1n) is 13.3. The van der Waals surface area contributed by atoms with E-state index in [1.165, 1.54) is 4.90 Å². The summed E-state index contributed by atoms with van der Waals surface area (Å²) < 4.78 is 63.5. The second-order valence-electron chi connectivity index (χ2n) is 9.76. The van der Waals surface area contributed by atoms with Crippen LogP contribution in [0.15, 0.2) is 35.3 Å². The molecule has 13 nitrogen and oxygen atoms in total. The highest BCUT2D eigenvalue weighted by atomic mass is 19.4. The van der Waals surface area contributed by atoms with Crippen molar-refractivity contribution in [2.24, 2.45) is 4.99 Å². The minimum atomic E-state index is -5.08. The van der Waals surface area contributed by atoms with Gasteiger partial charge >= 0.3 is 24.3 Å². The van der Waals surface area contributed by atoms with E-state index in [9.17, 15) is 35.9 Å². The van der Waals surface area contributed by atoms with Crippen LogP contribution < -0.4 is 16.0 Å². The molecule has 1 heterocycles. The largest absolute Gasteiger partial charge is 0.490 e. The second-order valence-corrected chi connectivity index (χ2v) is 9.76. The van der Waals surface area contributed by atoms with E-state index in [4.69, 9.17) is 19.8 Å². The Hall–Kier alpha value is -3.97. The van der Waals surface area contributed by atoms with Crippen LogP contribution in [0.4, 0.5) is 32.0 Å². The lowest BCUT2D eigenvalue weighted by molar-refractivity contribution is -0.193. The molecule has 2 rings (SSSR count). The van der Waals surface area contributed by atoms with Crippen molar-refractivity contribution < 1.29 is 55.7 Å². The van der Waals surface area contributed by atoms with Gasteiger partial charge in [0.25, 0.3) is 5.91 Å². The van der Waals surface area contributed by atoms with Crippen LogP contribution in [0.2, 0.25) is 0 Å². The topological polar surface area (TPSA) is 167 Å². The minimum Gasteiger partial charge on any atom is -0.475 e. The summed E-state index contributed by atoms with van der Waals surface area (Å²) >= 11 is 0. The fourth-order valence-electron chi connectivity index (χ4n) is 3.15. The molecule has 1 atom stereocenters. The first kappa shape index (κ1) is 41.0. The number of carbonyl (C=O) groups excluding carboxylic acids is 2. The fraction of sp³-hybridized carbons (Fsp3) is 0.577. The zero-order valence-corrected chi connectivity index (χ0v) is 25.2. The number of alkyl halides is 6. The van der Waals surface area contributed by atoms with Gasteiger partial charge in [-0.25, -0.2) is 14.6 Å². The van der Waals surface area contributed by atoms with Crippen LogP contribution in [-0.2, 0) is 19.2 Å². The number of para-hydroxylation sites is 1. The molecule has 0 radical (unpaired) electrons. The molecule has 0 aromatic heterocycles. The van der Waals surface area contributed by atoms with Gasteiger partial charge < -0.3 is 35.5 Å². The van der Waals surface area contributed by atoms with Crippen molar-refractivity contribution in [1.29, 1.82) is 0 Å². The lowest BCUT2D eigenvalue weighted by Gasteiger charge is -2.29. The maximum absolute atomic E-state index is 12.5. The molecule has 1 unspecified atom stereocenters. The van der Waals surface area contributed by atoms with Crippen molar-refractivity contribution in [2.75, 3.05) is 72.8 Å². The van der Waals surface area contributed by atoms with E-state index < -0.39 is 30.3 Å². The number of hydrogen-bond donors (Lipinski definition) is 5. The molecule has 19 heteroatoms. The van der Waals surface area contributed by atoms with Crippen molar-refractivity contribution in [3.63, 3.8) is 0 Å². The number of guanidine groups is 1. The Morgan fingerprint density at radius 2 is 1.44 bits per heavy atom. The molecule has 0 saturated carbocycles. The Labute approximate surface area is 256 Å². The van der Waals surface area contributed by atoms with Crippen LogP contribution in [0.5, 0.6) is 0 Å². The quantitative estimate of drug-likeness (QED) is 0.164. The number of carboxylic acid groups (broad SMARTS) is 2. The number of halogens is 6. The predicted octanol–water partition coefficient (Wildman–Crippen LogP) is 1.54. The molecule has 1 aliphatic rings. The van der Waals surface area contributed by atoms with Crippen LogP contribution in [0.3, 0.4) is 0 Å². The third kappa shape index (κ3) is 19.1. The lowest BCUT2D eigenvalue weighted by Crippen LogP contribution is -2.55. The third-order valence-electron chi connectivity index (χ3n) is 5.69. The van der Waals surface area contributed by atoms with Crippen molar-refractivity contribution in [3.8, 4) is 0 Å². The van der Waals surface area contributed by atoms with Crippen molar-refractivity contribution in [2.45, 2.75) is 31.2 Å². The highest BCUT2D eigenvalue weighted by molar-refractivity contribution is 6.08. The molecule has 1 aliphatic heterocycles. The lowest BCUT2D eigenvalue weighted by atomic mass is 10.2. The average Bonchev–Trinajstić information content (AvgIpc) is 2.93. The maximum atomic E-state index is 12.5. The number of likely N-dealkylation sites (N-methyl/N-ethyl adjacent to an activating group) is 3. The van der Waals surface area contributed by atoms with Crippen LogP contribution in [0.1, 0.15) is 12.8 Å². The first-order valence-corrected chi connectivity index (χ1v) is 13.3. The van der Waals surface area contributed by atoms with E-state index >= 15 is 0 Å². The van der Waals surface area contributed by atoms with Gasteiger partial charge in [0.1, 0.15) is 6.04 Å². The SMILES string of the molecule is CN(C)CCN(C)CCCNCCC(=O)N(C)C1CN=C(Nc2ccccc2)NC1=O.O=C(O)C(F)(F)F.O=C(O)C(F)(F)F. The highest BCUT2D eigenvalue weighted by Crippen LogP contribution is 2.14. The maximum Gasteiger partial charge on any atom is 0.490 e. The summed E-state index contributed by atoms with van der Waals surface area (Å²) in [5.74, 6) is -5.39. The Morgan fingerprint density at radius 3 is 1.91 bits per heavy atom. The molecule has 45 heavy (non-hydrogen) atoms. The van der Waals surface area contributed by atoms with Gasteiger partial charge in [-0.3, -0.25) is 14.9 Å². The van der Waals surface area contributed by atoms with Crippen LogP contribution in [0, 0.1) is 0 Å². The summed E-state index contributed by atoms with van der Waals surface area (Å²) in [5, 5.41) is 23.4. The number of aliphatic carboxylic acids is 2. The van der Waals surface area contributed by atoms with Gasteiger partial charge in [-0.15, -0.1) is 0 Å². The third-order valence-corrected chi connectivity index (χ3v) is 5.69. The van der Waals surface area contributed by atoms with E-state index in [0.29, 0.717) is 18.9 Å². The minimum absolute atomic E-state index is 0.0644. The van der Waals surface area contributed by atoms with Gasteiger partial charge in [-0.05, 0) is 52.8 Å². The number of carbonyl (C=O) groups is 4. The fourth-order valence-corrected chi connectivity index (χ4v) is 3.15. The monoisotopic (exact) mass is 659 g/mol. The Bertz CT molecular complexity index is 1080. The Balaban J connectivity index is 0.00000114. The van der Waals surface area contributed by atoms with Gasteiger partial charge in [0.15, 0.2) is 0 Å². The highest BCUT2D eigenvalue weighted by Gasteiger charge is 2.39. The molecule has 0 spiro atoms. The van der Waals surface area contributed by atoms with Crippen molar-refractivity contribution >= 4 is 35.4 Å². The molecule has 2 amide bonds. The van der Waals surface area contributed by atoms with Crippen molar-refractivity contribution in [1.82, 2.24) is 25.3 Å². The number of nitrogens with zero attached hydrogens (tertiary/aromatic N) is 4. The van der Waals surface area contributed by atoms with Crippen LogP contribution in [-0.4, -0.2) is 140 Å². The molecule has 5 N–H and O–H groups in total. The Morgan fingerprint density at radius 1 is 0.911 bits per heavy atom. The van der Waals surface area contributed by atoms with Gasteiger partial charge in [0, 0.05) is 38.8 Å². The number of rotatable bonds is 12. The molecule has 256 valence electrons. The molecule has 1 aromatic carbocycles. The molecule has 0 saturated heterocycles. The zero-order valence-electron chi connectivity index (χ0n) is 25.2. The van der Waals surface area contributed by atoms with Gasteiger partial charge in [0.05, 0.1) is 6.54 Å².